The van der Waals surface area contributed by atoms with Crippen LogP contribution in [0.3, 0.4) is 0 Å². The molecule has 2 aliphatic heterocycles. The second-order valence-electron chi connectivity index (χ2n) is 8.41. The Hall–Kier alpha value is -3.00. The standard InChI is InChI=1S/C25H28F3N3O2/c1-2-10-29-24(32)21-16-18-15-19(25(26,27)28)8-9-22(18)31-12-11-30(17-23(21)31)13-14-33-20-6-4-3-5-7-20/h2-9,15,21,23H,1,10-14,16-17H2,(H,29,32). The zero-order chi connectivity index (χ0) is 23.4. The van der Waals surface area contributed by atoms with Crippen molar-refractivity contribution in [2.45, 2.75) is 18.6 Å². The third-order valence-corrected chi connectivity index (χ3v) is 6.30. The number of ether oxygens (including phenoxy) is 1. The van der Waals surface area contributed by atoms with Gasteiger partial charge in [0, 0.05) is 38.4 Å². The number of carbonyl (C=O) groups excluding carboxylic acids is 1. The molecule has 5 nitrogen and oxygen atoms in total. The van der Waals surface area contributed by atoms with Gasteiger partial charge in [-0.1, -0.05) is 24.3 Å². The molecule has 176 valence electrons. The number of carbonyl (C=O) groups is 1. The Morgan fingerprint density at radius 3 is 2.70 bits per heavy atom. The number of anilines is 1. The number of halogens is 3. The number of para-hydroxylation sites is 1. The van der Waals surface area contributed by atoms with E-state index in [0.717, 1.165) is 24.0 Å². The van der Waals surface area contributed by atoms with E-state index < -0.39 is 17.7 Å². The molecule has 0 radical (unpaired) electrons. The van der Waals surface area contributed by atoms with Crippen molar-refractivity contribution in [1.29, 1.82) is 0 Å². The average molecular weight is 460 g/mol. The van der Waals surface area contributed by atoms with Crippen LogP contribution in [0, 0.1) is 5.92 Å². The summed E-state index contributed by atoms with van der Waals surface area (Å²) in [5.74, 6) is 0.207. The third-order valence-electron chi connectivity index (χ3n) is 6.30. The second kappa shape index (κ2) is 9.87. The molecule has 1 N–H and O–H groups in total. The topological polar surface area (TPSA) is 44.8 Å². The van der Waals surface area contributed by atoms with E-state index >= 15 is 0 Å². The molecule has 1 saturated heterocycles. The van der Waals surface area contributed by atoms with Crippen molar-refractivity contribution in [3.63, 3.8) is 0 Å². The molecular weight excluding hydrogens is 431 g/mol. The minimum absolute atomic E-state index is 0.121. The first-order chi connectivity index (χ1) is 15.9. The van der Waals surface area contributed by atoms with Gasteiger partial charge in [0.05, 0.1) is 17.5 Å². The first kappa shape index (κ1) is 23.2. The van der Waals surface area contributed by atoms with E-state index in [2.05, 4.69) is 21.7 Å². The Bertz CT molecular complexity index is 981. The van der Waals surface area contributed by atoms with Crippen LogP contribution in [-0.2, 0) is 17.4 Å². The summed E-state index contributed by atoms with van der Waals surface area (Å²) < 4.78 is 45.7. The summed E-state index contributed by atoms with van der Waals surface area (Å²) in [6.07, 6.45) is -2.54. The van der Waals surface area contributed by atoms with Crippen LogP contribution in [0.4, 0.5) is 18.9 Å². The summed E-state index contributed by atoms with van der Waals surface area (Å²) >= 11 is 0. The quantitative estimate of drug-likeness (QED) is 0.641. The highest BCUT2D eigenvalue weighted by atomic mass is 19.4. The van der Waals surface area contributed by atoms with E-state index in [1.165, 1.54) is 6.07 Å². The summed E-state index contributed by atoms with van der Waals surface area (Å²) in [5.41, 5.74) is 0.684. The lowest BCUT2D eigenvalue weighted by molar-refractivity contribution is -0.137. The lowest BCUT2D eigenvalue weighted by atomic mass is 9.82. The molecule has 0 spiro atoms. The summed E-state index contributed by atoms with van der Waals surface area (Å²) in [5, 5.41) is 2.84. The zero-order valence-corrected chi connectivity index (χ0v) is 18.4. The summed E-state index contributed by atoms with van der Waals surface area (Å²) in [7, 11) is 0. The maximum Gasteiger partial charge on any atom is 0.416 e. The number of benzene rings is 2. The number of nitrogens with zero attached hydrogens (tertiary/aromatic N) is 2. The number of fused-ring (bicyclic) bond motifs is 3. The fraction of sp³-hybridized carbons (Fsp3) is 0.400. The molecule has 2 atom stereocenters. The van der Waals surface area contributed by atoms with Crippen molar-refractivity contribution in [3.05, 3.63) is 72.3 Å². The molecule has 1 amide bonds. The van der Waals surface area contributed by atoms with Crippen molar-refractivity contribution in [2.75, 3.05) is 44.2 Å². The van der Waals surface area contributed by atoms with Crippen LogP contribution in [0.2, 0.25) is 0 Å². The Morgan fingerprint density at radius 2 is 1.97 bits per heavy atom. The van der Waals surface area contributed by atoms with Crippen LogP contribution < -0.4 is 15.0 Å². The molecule has 4 rings (SSSR count). The van der Waals surface area contributed by atoms with E-state index in [-0.39, 0.29) is 18.4 Å². The summed E-state index contributed by atoms with van der Waals surface area (Å²) in [6, 6.07) is 13.3. The van der Waals surface area contributed by atoms with Gasteiger partial charge in [-0.3, -0.25) is 9.69 Å². The number of rotatable bonds is 7. The molecule has 2 aromatic rings. The smallest absolute Gasteiger partial charge is 0.416 e. The van der Waals surface area contributed by atoms with Crippen LogP contribution in [0.15, 0.2) is 61.2 Å². The molecule has 33 heavy (non-hydrogen) atoms. The van der Waals surface area contributed by atoms with E-state index in [4.69, 9.17) is 4.74 Å². The highest BCUT2D eigenvalue weighted by Crippen LogP contribution is 2.39. The van der Waals surface area contributed by atoms with Crippen LogP contribution in [0.25, 0.3) is 0 Å². The predicted molar refractivity (Wildman–Crippen MR) is 121 cm³/mol. The van der Waals surface area contributed by atoms with Gasteiger partial charge in [0.1, 0.15) is 12.4 Å². The fourth-order valence-electron chi connectivity index (χ4n) is 4.68. The highest BCUT2D eigenvalue weighted by molar-refractivity contribution is 5.82. The maximum absolute atomic E-state index is 13.3. The molecule has 8 heteroatoms. The molecule has 0 saturated carbocycles. The minimum Gasteiger partial charge on any atom is -0.492 e. The normalized spacial score (nSPS) is 20.5. The molecular formula is C25H28F3N3O2. The molecule has 0 aromatic heterocycles. The number of piperazine rings is 1. The monoisotopic (exact) mass is 459 g/mol. The average Bonchev–Trinajstić information content (AvgIpc) is 2.81. The Morgan fingerprint density at radius 1 is 1.18 bits per heavy atom. The van der Waals surface area contributed by atoms with Gasteiger partial charge >= 0.3 is 6.18 Å². The van der Waals surface area contributed by atoms with Crippen LogP contribution in [0.1, 0.15) is 11.1 Å². The largest absolute Gasteiger partial charge is 0.492 e. The molecule has 0 aliphatic carbocycles. The van der Waals surface area contributed by atoms with Crippen molar-refractivity contribution in [1.82, 2.24) is 10.2 Å². The van der Waals surface area contributed by atoms with Gasteiger partial charge in [0.2, 0.25) is 5.91 Å². The maximum atomic E-state index is 13.3. The van der Waals surface area contributed by atoms with E-state index in [0.29, 0.717) is 38.3 Å². The van der Waals surface area contributed by atoms with Gasteiger partial charge in [-0.05, 0) is 42.3 Å². The molecule has 2 unspecified atom stereocenters. The second-order valence-corrected chi connectivity index (χ2v) is 8.41. The van der Waals surface area contributed by atoms with Crippen molar-refractivity contribution >= 4 is 11.6 Å². The summed E-state index contributed by atoms with van der Waals surface area (Å²) in [6.45, 7) is 7.22. The van der Waals surface area contributed by atoms with Gasteiger partial charge in [-0.2, -0.15) is 13.2 Å². The van der Waals surface area contributed by atoms with Crippen molar-refractivity contribution < 1.29 is 22.7 Å². The van der Waals surface area contributed by atoms with E-state index in [1.54, 1.807) is 12.1 Å². The van der Waals surface area contributed by atoms with E-state index in [1.807, 2.05) is 30.3 Å². The van der Waals surface area contributed by atoms with Gasteiger partial charge in [-0.15, -0.1) is 6.58 Å². The molecule has 1 fully saturated rings. The van der Waals surface area contributed by atoms with Crippen LogP contribution in [0.5, 0.6) is 5.75 Å². The van der Waals surface area contributed by atoms with Crippen LogP contribution >= 0.6 is 0 Å². The number of nitrogens with one attached hydrogen (secondary N) is 1. The van der Waals surface area contributed by atoms with E-state index in [9.17, 15) is 18.0 Å². The highest BCUT2D eigenvalue weighted by Gasteiger charge is 2.42. The Kier molecular flexibility index (Phi) is 6.93. The van der Waals surface area contributed by atoms with Crippen molar-refractivity contribution in [3.8, 4) is 5.75 Å². The van der Waals surface area contributed by atoms with Gasteiger partial charge in [0.15, 0.2) is 0 Å². The Labute approximate surface area is 191 Å². The molecule has 2 heterocycles. The zero-order valence-electron chi connectivity index (χ0n) is 18.4. The third kappa shape index (κ3) is 5.33. The molecule has 2 aliphatic rings. The lowest BCUT2D eigenvalue weighted by Crippen LogP contribution is -2.61. The first-order valence-corrected chi connectivity index (χ1v) is 11.1. The van der Waals surface area contributed by atoms with Crippen molar-refractivity contribution in [2.24, 2.45) is 5.92 Å². The Balaban J connectivity index is 1.51. The number of hydrogen-bond donors (Lipinski definition) is 1. The number of amides is 1. The van der Waals surface area contributed by atoms with Gasteiger partial charge in [-0.25, -0.2) is 0 Å². The SMILES string of the molecule is C=CCNC(=O)C1Cc2cc(C(F)(F)F)ccc2N2CCN(CCOc3ccccc3)CC12. The molecule has 0 bridgehead atoms. The number of alkyl halides is 3. The van der Waals surface area contributed by atoms with Gasteiger partial charge < -0.3 is 15.0 Å². The predicted octanol–water partition coefficient (Wildman–Crippen LogP) is 3.75. The number of hydrogen-bond acceptors (Lipinski definition) is 4. The minimum atomic E-state index is -4.41. The molecule has 2 aromatic carbocycles. The van der Waals surface area contributed by atoms with Gasteiger partial charge in [0.25, 0.3) is 0 Å². The van der Waals surface area contributed by atoms with Crippen LogP contribution in [-0.4, -0.2) is 56.2 Å². The lowest BCUT2D eigenvalue weighted by Gasteiger charge is -2.49. The fourth-order valence-corrected chi connectivity index (χ4v) is 4.68. The summed E-state index contributed by atoms with van der Waals surface area (Å²) in [4.78, 5) is 17.3. The first-order valence-electron chi connectivity index (χ1n) is 11.1.